The highest BCUT2D eigenvalue weighted by molar-refractivity contribution is 5.73. The van der Waals surface area contributed by atoms with Gasteiger partial charge in [-0.1, -0.05) is 23.9 Å². The molecular formula is C13H13N5O2. The Morgan fingerprint density at radius 3 is 3.00 bits per heavy atom. The summed E-state index contributed by atoms with van der Waals surface area (Å²) in [6, 6.07) is 7.52. The van der Waals surface area contributed by atoms with E-state index in [4.69, 9.17) is 4.74 Å². The van der Waals surface area contributed by atoms with Crippen molar-refractivity contribution in [2.24, 2.45) is 0 Å². The molecule has 102 valence electrons. The van der Waals surface area contributed by atoms with Crippen LogP contribution in [0.5, 0.6) is 5.75 Å². The highest BCUT2D eigenvalue weighted by atomic mass is 16.5. The first-order valence-electron chi connectivity index (χ1n) is 6.29. The van der Waals surface area contributed by atoms with E-state index < -0.39 is 0 Å². The second-order valence-corrected chi connectivity index (χ2v) is 4.23. The number of benzene rings is 1. The van der Waals surface area contributed by atoms with Crippen molar-refractivity contribution in [2.45, 2.75) is 13.3 Å². The predicted octanol–water partition coefficient (Wildman–Crippen LogP) is 1.91. The van der Waals surface area contributed by atoms with E-state index in [0.717, 1.165) is 12.0 Å². The van der Waals surface area contributed by atoms with E-state index in [2.05, 4.69) is 20.3 Å². The summed E-state index contributed by atoms with van der Waals surface area (Å²) < 4.78 is 5.68. The Bertz CT molecular complexity index is 740. The summed E-state index contributed by atoms with van der Waals surface area (Å²) in [5.74, 6) is 1.17. The monoisotopic (exact) mass is 271 g/mol. The van der Waals surface area contributed by atoms with Crippen LogP contribution < -0.4 is 4.74 Å². The number of nitrogens with zero attached hydrogens (tertiary/aromatic N) is 5. The normalized spacial score (nSPS) is 10.8. The van der Waals surface area contributed by atoms with Gasteiger partial charge in [0.05, 0.1) is 18.4 Å². The van der Waals surface area contributed by atoms with Gasteiger partial charge >= 0.3 is 0 Å². The highest BCUT2D eigenvalue weighted by Gasteiger charge is 2.12. The molecule has 0 unspecified atom stereocenters. The predicted molar refractivity (Wildman–Crippen MR) is 71.5 cm³/mol. The van der Waals surface area contributed by atoms with Gasteiger partial charge in [0.15, 0.2) is 11.3 Å². The van der Waals surface area contributed by atoms with Crippen molar-refractivity contribution >= 4 is 11.2 Å². The van der Waals surface area contributed by atoms with Gasteiger partial charge in [0.1, 0.15) is 5.75 Å². The molecule has 2 heterocycles. The second kappa shape index (κ2) is 5.12. The third kappa shape index (κ3) is 2.13. The average Bonchev–Trinajstić information content (AvgIpc) is 2.86. The maximum absolute atomic E-state index is 9.51. The van der Waals surface area contributed by atoms with Crippen molar-refractivity contribution < 1.29 is 9.94 Å². The molecule has 0 bridgehead atoms. The number of hydrogen-bond acceptors (Lipinski definition) is 6. The zero-order chi connectivity index (χ0) is 13.9. The minimum absolute atomic E-state index is 0.264. The summed E-state index contributed by atoms with van der Waals surface area (Å²) in [5, 5.41) is 16.7. The second-order valence-electron chi connectivity index (χ2n) is 4.23. The molecule has 0 spiro atoms. The van der Waals surface area contributed by atoms with Crippen LogP contribution in [0.1, 0.15) is 13.3 Å². The van der Waals surface area contributed by atoms with E-state index in [0.29, 0.717) is 28.5 Å². The lowest BCUT2D eigenvalue weighted by molar-refractivity contribution is 0.153. The largest absolute Gasteiger partial charge is 0.493 e. The van der Waals surface area contributed by atoms with Gasteiger partial charge in [0, 0.05) is 0 Å². The summed E-state index contributed by atoms with van der Waals surface area (Å²) in [4.78, 5) is 9.15. The maximum Gasteiger partial charge on any atom is 0.223 e. The van der Waals surface area contributed by atoms with Crippen LogP contribution in [-0.2, 0) is 0 Å². The van der Waals surface area contributed by atoms with Gasteiger partial charge < -0.3 is 9.94 Å². The topological polar surface area (TPSA) is 86.0 Å². The molecule has 1 N–H and O–H groups in total. The number of hydrogen-bond donors (Lipinski definition) is 1. The Labute approximate surface area is 114 Å². The lowest BCUT2D eigenvalue weighted by atomic mass is 10.2. The van der Waals surface area contributed by atoms with Crippen LogP contribution in [0.3, 0.4) is 0 Å². The Hall–Kier alpha value is -2.70. The molecule has 0 saturated carbocycles. The van der Waals surface area contributed by atoms with Crippen molar-refractivity contribution in [1.82, 2.24) is 25.1 Å². The summed E-state index contributed by atoms with van der Waals surface area (Å²) >= 11 is 0. The van der Waals surface area contributed by atoms with Gasteiger partial charge in [-0.15, -0.1) is 5.10 Å². The van der Waals surface area contributed by atoms with Gasteiger partial charge in [-0.2, -0.15) is 0 Å². The average molecular weight is 271 g/mol. The van der Waals surface area contributed by atoms with Gasteiger partial charge in [0.2, 0.25) is 5.65 Å². The third-order valence-electron chi connectivity index (χ3n) is 2.77. The van der Waals surface area contributed by atoms with Gasteiger partial charge in [-0.05, 0) is 23.8 Å². The van der Waals surface area contributed by atoms with Crippen molar-refractivity contribution in [1.29, 1.82) is 0 Å². The Balaban J connectivity index is 2.07. The lowest BCUT2D eigenvalue weighted by Crippen LogP contribution is -2.00. The first-order chi connectivity index (χ1) is 9.79. The van der Waals surface area contributed by atoms with Crippen molar-refractivity contribution in [2.75, 3.05) is 6.61 Å². The smallest absolute Gasteiger partial charge is 0.223 e. The molecule has 0 saturated heterocycles. The first-order valence-corrected chi connectivity index (χ1v) is 6.29. The van der Waals surface area contributed by atoms with Crippen LogP contribution in [0, 0.1) is 0 Å². The van der Waals surface area contributed by atoms with Crippen LogP contribution in [0.15, 0.2) is 30.5 Å². The van der Waals surface area contributed by atoms with E-state index in [1.165, 1.54) is 6.20 Å². The van der Waals surface area contributed by atoms with Gasteiger partial charge in [0.25, 0.3) is 0 Å². The number of ether oxygens (including phenoxy) is 1. The van der Waals surface area contributed by atoms with Gasteiger partial charge in [-0.3, -0.25) is 0 Å². The van der Waals surface area contributed by atoms with Crippen LogP contribution in [0.4, 0.5) is 0 Å². The number of aromatic nitrogens is 5. The van der Waals surface area contributed by atoms with E-state index in [1.807, 2.05) is 31.2 Å². The fraction of sp³-hybridized carbons (Fsp3) is 0.231. The number of para-hydroxylation sites is 1. The lowest BCUT2D eigenvalue weighted by Gasteiger charge is -2.09. The molecule has 3 aromatic rings. The van der Waals surface area contributed by atoms with Crippen LogP contribution in [0.2, 0.25) is 0 Å². The standard InChI is InChI=1S/C13H13N5O2/c1-2-7-20-11-6-4-3-5-9(11)12-14-8-10-13(15-12)18(19)17-16-10/h3-6,8,19H,2,7H2,1H3. The van der Waals surface area contributed by atoms with Crippen molar-refractivity contribution in [3.63, 3.8) is 0 Å². The van der Waals surface area contributed by atoms with E-state index in [9.17, 15) is 5.21 Å². The zero-order valence-corrected chi connectivity index (χ0v) is 10.9. The quantitative estimate of drug-likeness (QED) is 0.729. The maximum atomic E-state index is 9.51. The van der Waals surface area contributed by atoms with Crippen LogP contribution in [-0.4, -0.2) is 36.9 Å². The van der Waals surface area contributed by atoms with Crippen LogP contribution in [0.25, 0.3) is 22.6 Å². The third-order valence-corrected chi connectivity index (χ3v) is 2.77. The minimum atomic E-state index is 0.264. The van der Waals surface area contributed by atoms with E-state index in [-0.39, 0.29) is 5.65 Å². The molecule has 1 aromatic carbocycles. The Morgan fingerprint density at radius 1 is 1.30 bits per heavy atom. The van der Waals surface area contributed by atoms with Crippen molar-refractivity contribution in [3.05, 3.63) is 30.5 Å². The Morgan fingerprint density at radius 2 is 2.15 bits per heavy atom. The molecule has 0 aliphatic rings. The minimum Gasteiger partial charge on any atom is -0.493 e. The first kappa shape index (κ1) is 12.3. The molecule has 7 nitrogen and oxygen atoms in total. The molecule has 20 heavy (non-hydrogen) atoms. The van der Waals surface area contributed by atoms with E-state index in [1.54, 1.807) is 0 Å². The summed E-state index contributed by atoms with van der Waals surface area (Å²) in [5.41, 5.74) is 1.47. The fourth-order valence-electron chi connectivity index (χ4n) is 1.84. The van der Waals surface area contributed by atoms with Crippen LogP contribution >= 0.6 is 0 Å². The fourth-order valence-corrected chi connectivity index (χ4v) is 1.84. The van der Waals surface area contributed by atoms with Gasteiger partial charge in [-0.25, -0.2) is 9.97 Å². The molecular weight excluding hydrogens is 258 g/mol. The number of rotatable bonds is 4. The highest BCUT2D eigenvalue weighted by Crippen LogP contribution is 2.27. The summed E-state index contributed by atoms with van der Waals surface area (Å²) in [6.45, 7) is 2.67. The summed E-state index contributed by atoms with van der Waals surface area (Å²) in [7, 11) is 0. The molecule has 0 aliphatic heterocycles. The molecule has 0 atom stereocenters. The molecule has 2 aromatic heterocycles. The molecule has 0 amide bonds. The van der Waals surface area contributed by atoms with Crippen molar-refractivity contribution in [3.8, 4) is 17.1 Å². The molecule has 0 radical (unpaired) electrons. The molecule has 0 aliphatic carbocycles. The molecule has 7 heteroatoms. The Kier molecular flexibility index (Phi) is 3.16. The zero-order valence-electron chi connectivity index (χ0n) is 10.9. The summed E-state index contributed by atoms with van der Waals surface area (Å²) in [6.07, 6.45) is 2.44. The number of fused-ring (bicyclic) bond motifs is 1. The molecule has 0 fully saturated rings. The van der Waals surface area contributed by atoms with E-state index >= 15 is 0 Å². The SMILES string of the molecule is CCCOc1ccccc1-c1ncc2nnn(O)c2n1. The molecule has 3 rings (SSSR count).